The number of benzene rings is 2. The minimum Gasteiger partial charge on any atom is -0.495 e. The second kappa shape index (κ2) is 7.78. The molecule has 23 heavy (non-hydrogen) atoms. The molecule has 0 spiro atoms. The standard InChI is InChI=1S/C17H16FNO3S/c1-11(20)12-7-8-16(13(18)9-12)23-10-17(21)19-14-5-3-4-6-15(14)22-2/h3-9H,10H2,1-2H3,(H,19,21). The molecular weight excluding hydrogens is 317 g/mol. The molecule has 0 radical (unpaired) electrons. The van der Waals surface area contributed by atoms with Gasteiger partial charge in [0, 0.05) is 10.5 Å². The molecule has 0 fully saturated rings. The lowest BCUT2D eigenvalue weighted by molar-refractivity contribution is -0.113. The van der Waals surface area contributed by atoms with Crippen molar-refractivity contribution in [3.05, 3.63) is 53.8 Å². The van der Waals surface area contributed by atoms with Gasteiger partial charge in [-0.1, -0.05) is 18.2 Å². The molecule has 2 aromatic rings. The van der Waals surface area contributed by atoms with Crippen LogP contribution in [0.15, 0.2) is 47.4 Å². The van der Waals surface area contributed by atoms with Gasteiger partial charge in [-0.2, -0.15) is 0 Å². The highest BCUT2D eigenvalue weighted by Crippen LogP contribution is 2.25. The van der Waals surface area contributed by atoms with Crippen LogP contribution < -0.4 is 10.1 Å². The molecule has 4 nitrogen and oxygen atoms in total. The summed E-state index contributed by atoms with van der Waals surface area (Å²) in [5.74, 6) is -0.367. The molecule has 2 aromatic carbocycles. The number of methoxy groups -OCH3 is 1. The first kappa shape index (κ1) is 17.0. The van der Waals surface area contributed by atoms with Crippen LogP contribution in [0.3, 0.4) is 0 Å². The van der Waals surface area contributed by atoms with Gasteiger partial charge in [0.25, 0.3) is 0 Å². The largest absolute Gasteiger partial charge is 0.495 e. The zero-order chi connectivity index (χ0) is 16.8. The SMILES string of the molecule is COc1ccccc1NC(=O)CSc1ccc(C(C)=O)cc1F. The van der Waals surface area contributed by atoms with Crippen molar-refractivity contribution in [1.29, 1.82) is 0 Å². The summed E-state index contributed by atoms with van der Waals surface area (Å²) in [5, 5.41) is 2.72. The Kier molecular flexibility index (Phi) is 5.76. The average Bonchev–Trinajstić information content (AvgIpc) is 2.54. The van der Waals surface area contributed by atoms with Crippen LogP contribution in [0.5, 0.6) is 5.75 Å². The number of carbonyl (C=O) groups is 2. The number of ether oxygens (including phenoxy) is 1. The quantitative estimate of drug-likeness (QED) is 0.646. The van der Waals surface area contributed by atoms with E-state index in [9.17, 15) is 14.0 Å². The van der Waals surface area contributed by atoms with Gasteiger partial charge in [-0.3, -0.25) is 9.59 Å². The van der Waals surface area contributed by atoms with Crippen LogP contribution in [-0.4, -0.2) is 24.6 Å². The number of nitrogens with one attached hydrogen (secondary N) is 1. The molecule has 2 rings (SSSR count). The number of ketones is 1. The molecular formula is C17H16FNO3S. The van der Waals surface area contributed by atoms with Gasteiger partial charge in [-0.25, -0.2) is 4.39 Å². The molecule has 0 aromatic heterocycles. The van der Waals surface area contributed by atoms with Gasteiger partial charge >= 0.3 is 0 Å². The Morgan fingerprint density at radius 2 is 1.96 bits per heavy atom. The molecule has 6 heteroatoms. The molecule has 120 valence electrons. The Labute approximate surface area is 138 Å². The molecule has 0 bridgehead atoms. The summed E-state index contributed by atoms with van der Waals surface area (Å²) in [4.78, 5) is 23.5. The number of thioether (sulfide) groups is 1. The minimum atomic E-state index is -0.507. The normalized spacial score (nSPS) is 10.2. The lowest BCUT2D eigenvalue weighted by atomic mass is 10.1. The van der Waals surface area contributed by atoms with Crippen LogP contribution in [0.4, 0.5) is 10.1 Å². The molecule has 0 aliphatic heterocycles. The fourth-order valence-electron chi connectivity index (χ4n) is 1.91. The summed E-state index contributed by atoms with van der Waals surface area (Å²) in [6, 6.07) is 11.3. The predicted octanol–water partition coefficient (Wildman–Crippen LogP) is 3.77. The van der Waals surface area contributed by atoms with E-state index >= 15 is 0 Å². The van der Waals surface area contributed by atoms with E-state index in [4.69, 9.17) is 4.74 Å². The number of carbonyl (C=O) groups excluding carboxylic acids is 2. The number of hydrogen-bond donors (Lipinski definition) is 1. The van der Waals surface area contributed by atoms with Crippen molar-refractivity contribution >= 4 is 29.1 Å². The van der Waals surface area contributed by atoms with Crippen molar-refractivity contribution in [2.75, 3.05) is 18.2 Å². The Morgan fingerprint density at radius 1 is 1.22 bits per heavy atom. The molecule has 0 aliphatic carbocycles. The summed E-state index contributed by atoms with van der Waals surface area (Å²) >= 11 is 1.07. The summed E-state index contributed by atoms with van der Waals surface area (Å²) in [6.45, 7) is 1.38. The minimum absolute atomic E-state index is 0.0500. The zero-order valence-corrected chi connectivity index (χ0v) is 13.6. The van der Waals surface area contributed by atoms with Crippen LogP contribution >= 0.6 is 11.8 Å². The Hall–Kier alpha value is -2.34. The summed E-state index contributed by atoms with van der Waals surface area (Å²) in [6.07, 6.45) is 0. The smallest absolute Gasteiger partial charge is 0.234 e. The van der Waals surface area contributed by atoms with E-state index in [1.807, 2.05) is 0 Å². The molecule has 0 heterocycles. The molecule has 0 unspecified atom stereocenters. The van der Waals surface area contributed by atoms with E-state index in [0.29, 0.717) is 21.9 Å². The van der Waals surface area contributed by atoms with Gasteiger partial charge in [-0.05, 0) is 31.2 Å². The van der Waals surface area contributed by atoms with Gasteiger partial charge in [0.05, 0.1) is 18.6 Å². The van der Waals surface area contributed by atoms with E-state index in [1.165, 1.54) is 26.2 Å². The lowest BCUT2D eigenvalue weighted by Crippen LogP contribution is -2.14. The van der Waals surface area contributed by atoms with E-state index in [0.717, 1.165) is 11.8 Å². The van der Waals surface area contributed by atoms with E-state index in [1.54, 1.807) is 30.3 Å². The van der Waals surface area contributed by atoms with Crippen molar-refractivity contribution in [1.82, 2.24) is 0 Å². The first-order valence-electron chi connectivity index (χ1n) is 6.87. The number of halogens is 1. The number of hydrogen-bond acceptors (Lipinski definition) is 4. The van der Waals surface area contributed by atoms with Crippen molar-refractivity contribution in [2.24, 2.45) is 0 Å². The maximum atomic E-state index is 13.9. The number of para-hydroxylation sites is 2. The third-order valence-corrected chi connectivity index (χ3v) is 4.13. The fourth-order valence-corrected chi connectivity index (χ4v) is 2.63. The topological polar surface area (TPSA) is 55.4 Å². The summed E-state index contributed by atoms with van der Waals surface area (Å²) in [7, 11) is 1.52. The van der Waals surface area contributed by atoms with Gasteiger partial charge < -0.3 is 10.1 Å². The average molecular weight is 333 g/mol. The Bertz CT molecular complexity index is 734. The Morgan fingerprint density at radius 3 is 2.61 bits per heavy atom. The maximum Gasteiger partial charge on any atom is 0.234 e. The van der Waals surface area contributed by atoms with E-state index < -0.39 is 5.82 Å². The van der Waals surface area contributed by atoms with Crippen LogP contribution in [0, 0.1) is 5.82 Å². The number of Topliss-reactive ketones (excluding diaryl/α,β-unsaturated/α-hetero) is 1. The van der Waals surface area contributed by atoms with Crippen molar-refractivity contribution in [2.45, 2.75) is 11.8 Å². The number of rotatable bonds is 6. The zero-order valence-electron chi connectivity index (χ0n) is 12.8. The van der Waals surface area contributed by atoms with Crippen LogP contribution in [-0.2, 0) is 4.79 Å². The maximum absolute atomic E-state index is 13.9. The number of anilines is 1. The summed E-state index contributed by atoms with van der Waals surface area (Å²) in [5.41, 5.74) is 0.873. The molecule has 0 saturated heterocycles. The van der Waals surface area contributed by atoms with Crippen LogP contribution in [0.1, 0.15) is 17.3 Å². The van der Waals surface area contributed by atoms with Crippen LogP contribution in [0.2, 0.25) is 0 Å². The highest BCUT2D eigenvalue weighted by atomic mass is 32.2. The molecule has 1 N–H and O–H groups in total. The first-order valence-corrected chi connectivity index (χ1v) is 7.86. The molecule has 0 aliphatic rings. The first-order chi connectivity index (χ1) is 11.0. The highest BCUT2D eigenvalue weighted by molar-refractivity contribution is 8.00. The van der Waals surface area contributed by atoms with E-state index in [2.05, 4.69) is 5.32 Å². The summed E-state index contributed by atoms with van der Waals surface area (Å²) < 4.78 is 19.0. The Balaban J connectivity index is 1.98. The third-order valence-electron chi connectivity index (χ3n) is 3.08. The monoisotopic (exact) mass is 333 g/mol. The highest BCUT2D eigenvalue weighted by Gasteiger charge is 2.11. The van der Waals surface area contributed by atoms with Gasteiger partial charge in [0.1, 0.15) is 11.6 Å². The second-order valence-electron chi connectivity index (χ2n) is 4.74. The van der Waals surface area contributed by atoms with Gasteiger partial charge in [0.2, 0.25) is 5.91 Å². The van der Waals surface area contributed by atoms with E-state index in [-0.39, 0.29) is 17.4 Å². The lowest BCUT2D eigenvalue weighted by Gasteiger charge is -2.10. The number of amides is 1. The third kappa shape index (κ3) is 4.56. The van der Waals surface area contributed by atoms with Crippen molar-refractivity contribution < 1.29 is 18.7 Å². The molecule has 0 saturated carbocycles. The van der Waals surface area contributed by atoms with Crippen molar-refractivity contribution in [3.8, 4) is 5.75 Å². The predicted molar refractivity (Wildman–Crippen MR) is 88.8 cm³/mol. The van der Waals surface area contributed by atoms with Crippen LogP contribution in [0.25, 0.3) is 0 Å². The molecule has 1 amide bonds. The van der Waals surface area contributed by atoms with Crippen molar-refractivity contribution in [3.63, 3.8) is 0 Å². The second-order valence-corrected chi connectivity index (χ2v) is 5.76. The molecule has 0 atom stereocenters. The van der Waals surface area contributed by atoms with Gasteiger partial charge in [0.15, 0.2) is 5.78 Å². The fraction of sp³-hybridized carbons (Fsp3) is 0.176. The van der Waals surface area contributed by atoms with Gasteiger partial charge in [-0.15, -0.1) is 11.8 Å².